The lowest BCUT2D eigenvalue weighted by molar-refractivity contribution is -0.233. The quantitative estimate of drug-likeness (QED) is 0.407. The van der Waals surface area contributed by atoms with Gasteiger partial charge in [0.05, 0.1) is 6.61 Å². The summed E-state index contributed by atoms with van der Waals surface area (Å²) in [6.07, 6.45) is -5.16. The molecule has 1 fully saturated rings. The van der Waals surface area contributed by atoms with E-state index in [2.05, 4.69) is 8.83 Å². The third kappa shape index (κ3) is 5.17. The normalized spacial score (nSPS) is 31.4. The molecule has 6 atom stereocenters. The van der Waals surface area contributed by atoms with Gasteiger partial charge < -0.3 is 33.8 Å². The number of nitrogens with one attached hydrogen (secondary N) is 1. The largest absolute Gasteiger partial charge is 0.778 e. The monoisotopic (exact) mass is 400 g/mol. The van der Waals surface area contributed by atoms with Crippen LogP contribution in [0.2, 0.25) is 0 Å². The Morgan fingerprint density at radius 1 is 1.32 bits per heavy atom. The summed E-state index contributed by atoms with van der Waals surface area (Å²) in [5.41, 5.74) is -1.62. The van der Waals surface area contributed by atoms with Crippen molar-refractivity contribution in [2.45, 2.75) is 24.5 Å². The van der Waals surface area contributed by atoms with Gasteiger partial charge in [-0.3, -0.25) is 23.2 Å². The van der Waals surface area contributed by atoms with Gasteiger partial charge in [-0.15, -0.1) is 0 Å². The fraction of sp³-hybridized carbons (Fsp3) is 0.600. The summed E-state index contributed by atoms with van der Waals surface area (Å²) in [6.45, 7) is -0.363. The van der Waals surface area contributed by atoms with Crippen LogP contribution in [-0.2, 0) is 22.7 Å². The Hall–Kier alpha value is -1.14. The fourth-order valence-electron chi connectivity index (χ4n) is 2.09. The Labute approximate surface area is 139 Å². The van der Waals surface area contributed by atoms with Crippen LogP contribution in [0.15, 0.2) is 21.9 Å². The van der Waals surface area contributed by atoms with Crippen LogP contribution in [0.1, 0.15) is 6.23 Å². The first kappa shape index (κ1) is 20.2. The third-order valence-electron chi connectivity index (χ3n) is 3.11. The van der Waals surface area contributed by atoms with Crippen molar-refractivity contribution in [3.05, 3.63) is 33.1 Å². The summed E-state index contributed by atoms with van der Waals surface area (Å²) >= 11 is 0. The molecule has 3 unspecified atom stereocenters. The van der Waals surface area contributed by atoms with Crippen LogP contribution in [0.5, 0.6) is 0 Å². The molecule has 1 saturated heterocycles. The van der Waals surface area contributed by atoms with E-state index in [-0.39, 0.29) is 0 Å². The number of hydrogen-bond acceptors (Lipinski definition) is 11. The molecule has 13 nitrogen and oxygen atoms in total. The maximum Gasteiger partial charge on any atom is 0.330 e. The highest BCUT2D eigenvalue weighted by molar-refractivity contribution is 7.62. The van der Waals surface area contributed by atoms with Crippen molar-refractivity contribution in [3.63, 3.8) is 0 Å². The first-order valence-corrected chi connectivity index (χ1v) is 10.1. The van der Waals surface area contributed by atoms with E-state index in [4.69, 9.17) is 4.74 Å². The highest BCUT2D eigenvalue weighted by Gasteiger charge is 2.44. The van der Waals surface area contributed by atoms with E-state index in [1.165, 1.54) is 0 Å². The highest BCUT2D eigenvalue weighted by Crippen LogP contribution is 2.53. The molecule has 2 rings (SSSR count). The zero-order valence-electron chi connectivity index (χ0n) is 12.6. The number of aromatic nitrogens is 2. The summed E-state index contributed by atoms with van der Waals surface area (Å²) in [7, 11) is -9.86. The van der Waals surface area contributed by atoms with E-state index in [1.807, 2.05) is 4.98 Å². The molecule has 142 valence electrons. The number of ether oxygens (including phenoxy) is 1. The van der Waals surface area contributed by atoms with Crippen LogP contribution in [-0.4, -0.2) is 51.3 Å². The molecule has 0 radical (unpaired) electrons. The minimum Gasteiger partial charge on any atom is -0.778 e. The van der Waals surface area contributed by atoms with E-state index >= 15 is 0 Å². The van der Waals surface area contributed by atoms with Crippen LogP contribution in [0, 0.1) is 0 Å². The van der Waals surface area contributed by atoms with Gasteiger partial charge in [-0.1, -0.05) is 0 Å². The van der Waals surface area contributed by atoms with Crippen molar-refractivity contribution in [1.29, 1.82) is 0 Å². The number of H-pyrrole nitrogens is 1. The van der Waals surface area contributed by atoms with E-state index < -0.39 is 57.8 Å². The molecule has 25 heavy (non-hydrogen) atoms. The summed E-state index contributed by atoms with van der Waals surface area (Å²) in [6, 6.07) is 0.973. The first-order chi connectivity index (χ1) is 11.4. The summed E-state index contributed by atoms with van der Waals surface area (Å²) < 4.78 is 36.2. The van der Waals surface area contributed by atoms with E-state index in [0.717, 1.165) is 16.8 Å². The molecule has 15 heteroatoms. The van der Waals surface area contributed by atoms with Crippen LogP contribution in [0.4, 0.5) is 0 Å². The van der Waals surface area contributed by atoms with Gasteiger partial charge in [0.25, 0.3) is 13.4 Å². The van der Waals surface area contributed by atoms with Gasteiger partial charge in [0.2, 0.25) is 0 Å². The van der Waals surface area contributed by atoms with Gasteiger partial charge >= 0.3 is 5.69 Å². The Morgan fingerprint density at radius 2 is 1.96 bits per heavy atom. The molecule has 0 aliphatic carbocycles. The molecule has 1 aliphatic rings. The lowest BCUT2D eigenvalue weighted by atomic mass is 10.1. The predicted molar refractivity (Wildman–Crippen MR) is 75.4 cm³/mol. The minimum absolute atomic E-state index is 0.518. The molecular formula is C10H14N2O11P2-2. The standard InChI is InChI=1S/C10H16N2O11P2/c1-24(17,18)23-25(19,20)21-4-5-7(14)8(15)9(22-5)12-3-2-6(13)11-10(12)16/h2-3,5,7-9,14-15H,4H2,1H3,(H,17,18)(H,19,20)(H,11,13,16)/p-2/t5-,7?,8+,9-/m1/s1. The number of nitrogens with zero attached hydrogens (tertiary/aromatic N) is 1. The van der Waals surface area contributed by atoms with Gasteiger partial charge in [-0.2, -0.15) is 0 Å². The van der Waals surface area contributed by atoms with Gasteiger partial charge in [0.1, 0.15) is 25.9 Å². The van der Waals surface area contributed by atoms with Crippen molar-refractivity contribution in [1.82, 2.24) is 9.55 Å². The van der Waals surface area contributed by atoms with Crippen LogP contribution >= 0.6 is 15.4 Å². The number of phosphoric ester groups is 1. The second kappa shape index (κ2) is 7.23. The second-order valence-corrected chi connectivity index (χ2v) is 8.51. The molecule has 1 aromatic heterocycles. The zero-order valence-corrected chi connectivity index (χ0v) is 14.4. The van der Waals surface area contributed by atoms with E-state index in [9.17, 15) is 38.7 Å². The van der Waals surface area contributed by atoms with Gasteiger partial charge in [-0.25, -0.2) is 4.79 Å². The van der Waals surface area contributed by atoms with Crippen LogP contribution < -0.4 is 21.0 Å². The lowest BCUT2D eigenvalue weighted by Gasteiger charge is -2.29. The molecule has 0 bridgehead atoms. The van der Waals surface area contributed by atoms with Crippen molar-refractivity contribution in [3.8, 4) is 0 Å². The zero-order chi connectivity index (χ0) is 19.0. The number of rotatable bonds is 6. The number of phosphoric acid groups is 1. The summed E-state index contributed by atoms with van der Waals surface area (Å²) in [5, 5.41) is 19.8. The fourth-order valence-corrected chi connectivity index (χ4v) is 4.07. The Bertz CT molecular complexity index is 829. The van der Waals surface area contributed by atoms with Gasteiger partial charge in [0, 0.05) is 18.9 Å². The maximum absolute atomic E-state index is 11.7. The van der Waals surface area contributed by atoms with Gasteiger partial charge in [-0.05, 0) is 0 Å². The minimum atomic E-state index is -5.23. The molecule has 1 aliphatic heterocycles. The van der Waals surface area contributed by atoms with Crippen LogP contribution in [0.25, 0.3) is 0 Å². The van der Waals surface area contributed by atoms with Crippen LogP contribution in [0.3, 0.4) is 0 Å². The topological polar surface area (TPSA) is 203 Å². The molecule has 0 amide bonds. The maximum atomic E-state index is 11.7. The molecule has 0 saturated carbocycles. The summed E-state index contributed by atoms with van der Waals surface area (Å²) in [5.74, 6) is 0. The lowest BCUT2D eigenvalue weighted by Crippen LogP contribution is -2.37. The van der Waals surface area contributed by atoms with Gasteiger partial charge in [0.15, 0.2) is 6.23 Å². The van der Waals surface area contributed by atoms with Crippen molar-refractivity contribution in [2.75, 3.05) is 13.3 Å². The number of aliphatic hydroxyl groups excluding tert-OH is 2. The molecule has 0 spiro atoms. The molecule has 2 heterocycles. The SMILES string of the molecule is CP(=O)([O-])OP(=O)([O-])OC[C@H]1O[C@@H](n2ccc(=O)[nH]c2=O)[C@@H](O)C1O. The molecule has 1 aromatic rings. The smallest absolute Gasteiger partial charge is 0.330 e. The molecule has 0 aromatic carbocycles. The van der Waals surface area contributed by atoms with E-state index in [1.54, 1.807) is 0 Å². The number of hydrogen-bond donors (Lipinski definition) is 3. The Kier molecular flexibility index (Phi) is 5.84. The summed E-state index contributed by atoms with van der Waals surface area (Å²) in [4.78, 5) is 46.8. The van der Waals surface area contributed by atoms with Crippen molar-refractivity contribution < 1.29 is 42.7 Å². The van der Waals surface area contributed by atoms with E-state index in [0.29, 0.717) is 6.66 Å². The second-order valence-electron chi connectivity index (χ2n) is 5.16. The average Bonchev–Trinajstić information content (AvgIpc) is 2.71. The Morgan fingerprint density at radius 3 is 2.52 bits per heavy atom. The third-order valence-corrected chi connectivity index (χ3v) is 5.56. The first-order valence-electron chi connectivity index (χ1n) is 6.68. The predicted octanol–water partition coefficient (Wildman–Crippen LogP) is -3.16. The van der Waals surface area contributed by atoms with Crippen molar-refractivity contribution in [2.24, 2.45) is 0 Å². The van der Waals surface area contributed by atoms with Crippen molar-refractivity contribution >= 4 is 15.4 Å². The Balaban J connectivity index is 2.09. The highest BCUT2D eigenvalue weighted by atomic mass is 31.3. The number of aromatic amines is 1. The number of aliphatic hydroxyl groups is 2. The average molecular weight is 400 g/mol. The molecule has 3 N–H and O–H groups in total. The molecular weight excluding hydrogens is 386 g/mol.